The Labute approximate surface area is 216 Å². The van der Waals surface area contributed by atoms with Gasteiger partial charge < -0.3 is 0 Å². The second kappa shape index (κ2) is 7.58. The van der Waals surface area contributed by atoms with Crippen molar-refractivity contribution in [1.82, 2.24) is 9.34 Å². The Morgan fingerprint density at radius 1 is 0.833 bits per heavy atom. The van der Waals surface area contributed by atoms with Crippen LogP contribution in [0.4, 0.5) is 18.9 Å². The average Bonchev–Trinajstić information content (AvgIpc) is 3.34. The number of hydrogen-bond acceptors (Lipinski definition) is 4. The lowest BCUT2D eigenvalue weighted by atomic mass is 9.49. The monoisotopic (exact) mass is 509 g/mol. The summed E-state index contributed by atoms with van der Waals surface area (Å²) in [4.78, 5) is 10.9. The number of nitro benzene ring substituents is 1. The number of halogens is 3. The van der Waals surface area contributed by atoms with Crippen molar-refractivity contribution >= 4 is 94.7 Å². The number of rotatable bonds is 6. The van der Waals surface area contributed by atoms with Crippen LogP contribution in [-0.4, -0.2) is 112 Å². The van der Waals surface area contributed by atoms with Crippen LogP contribution in [0.5, 0.6) is 0 Å². The molecular weight excluding hydrogens is 483 g/mol. The third kappa shape index (κ3) is 3.41. The third-order valence-electron chi connectivity index (χ3n) is 8.97. The summed E-state index contributed by atoms with van der Waals surface area (Å²) in [5.41, 5.74) is -3.67. The average molecular weight is 508 g/mol. The van der Waals surface area contributed by atoms with Gasteiger partial charge in [-0.05, 0) is 44.4 Å². The van der Waals surface area contributed by atoms with Gasteiger partial charge in [-0.15, -0.1) is 0 Å². The van der Waals surface area contributed by atoms with Gasteiger partial charge in [-0.2, -0.15) is 13.2 Å². The molecule has 0 amide bonds. The first-order valence-corrected chi connectivity index (χ1v) is 13.3. The Morgan fingerprint density at radius 3 is 1.61 bits per heavy atom. The van der Waals surface area contributed by atoms with Crippen LogP contribution in [0.15, 0.2) is 36.4 Å². The molecule has 20 heteroatoms. The van der Waals surface area contributed by atoms with Gasteiger partial charge in [0.2, 0.25) is 0 Å². The van der Waals surface area contributed by atoms with E-state index in [4.69, 9.17) is 4.52 Å². The first-order valence-electron chi connectivity index (χ1n) is 11.8. The molecule has 2 aliphatic heterocycles. The van der Waals surface area contributed by atoms with Gasteiger partial charge in [0.25, 0.3) is 5.69 Å². The Bertz CT molecular complexity index is 1280. The highest BCUT2D eigenvalue weighted by Crippen LogP contribution is 2.78. The van der Waals surface area contributed by atoms with Gasteiger partial charge in [0.1, 0.15) is 62.8 Å². The molecule has 2 aromatic carbocycles. The lowest BCUT2D eigenvalue weighted by molar-refractivity contribution is -0.383. The van der Waals surface area contributed by atoms with Gasteiger partial charge in [-0.1, -0.05) is 18.2 Å². The Balaban J connectivity index is 1.98. The van der Waals surface area contributed by atoms with Crippen molar-refractivity contribution < 1.29 is 27.2 Å². The van der Waals surface area contributed by atoms with E-state index in [1.165, 1.54) is 24.3 Å². The lowest BCUT2D eigenvalue weighted by Crippen LogP contribution is -2.46. The van der Waals surface area contributed by atoms with E-state index in [1.54, 1.807) is 9.34 Å². The molecular formula is C16H24B9F3N3O4P. The first kappa shape index (κ1) is 27.6. The predicted molar refractivity (Wildman–Crippen MR) is 159 cm³/mol. The number of benzene rings is 2. The van der Waals surface area contributed by atoms with Crippen molar-refractivity contribution in [2.45, 2.75) is 33.0 Å². The number of hydrogen-bond donors (Lipinski definition) is 0. The van der Waals surface area contributed by atoms with E-state index in [2.05, 4.69) is 0 Å². The van der Waals surface area contributed by atoms with E-state index < -0.39 is 45.6 Å². The minimum absolute atomic E-state index is 0.0201. The standard InChI is InChI=1S/C16H24B9F3N3O4P/c17-11(16(26,27)28,9-5-6-10(29(32)33)8-4-2-1-3-7(8)9)35-36(34,30-12(18,19)13(30,20)21)31-14(22,23)15(31,24)25/h1-6H,17-25H2. The molecule has 1 atom stereocenters. The molecule has 0 N–H and O–H groups in total. The molecule has 4 rings (SSSR count). The van der Waals surface area contributed by atoms with Gasteiger partial charge in [-0.3, -0.25) is 19.2 Å². The van der Waals surface area contributed by atoms with Crippen molar-refractivity contribution in [2.24, 2.45) is 0 Å². The van der Waals surface area contributed by atoms with Crippen LogP contribution in [0.3, 0.4) is 0 Å². The molecule has 0 saturated carbocycles. The summed E-state index contributed by atoms with van der Waals surface area (Å²) in [5.74, 6) is 0. The van der Waals surface area contributed by atoms with Gasteiger partial charge in [0.05, 0.1) is 10.3 Å². The van der Waals surface area contributed by atoms with Crippen LogP contribution in [0.2, 0.25) is 0 Å². The molecule has 180 valence electrons. The minimum atomic E-state index is -4.99. The highest BCUT2D eigenvalue weighted by Gasteiger charge is 2.79. The fourth-order valence-electron chi connectivity index (χ4n) is 5.57. The maximum Gasteiger partial charge on any atom is 0.413 e. The maximum absolute atomic E-state index is 15.0. The maximum atomic E-state index is 15.0. The number of fused-ring (bicyclic) bond motifs is 1. The Hall–Kier alpha value is -1.42. The van der Waals surface area contributed by atoms with Crippen molar-refractivity contribution in [3.63, 3.8) is 0 Å². The summed E-state index contributed by atoms with van der Waals surface area (Å²) >= 11 is 0. The van der Waals surface area contributed by atoms with Crippen molar-refractivity contribution in [2.75, 3.05) is 0 Å². The molecule has 0 radical (unpaired) electrons. The topological polar surface area (TPSA) is 75.5 Å². The zero-order valence-electron chi connectivity index (χ0n) is 22.0. The summed E-state index contributed by atoms with van der Waals surface area (Å²) in [6.45, 7) is 0. The van der Waals surface area contributed by atoms with Crippen LogP contribution in [-0.2, 0) is 14.6 Å². The van der Waals surface area contributed by atoms with Crippen molar-refractivity contribution in [1.29, 1.82) is 0 Å². The van der Waals surface area contributed by atoms with E-state index in [0.29, 0.717) is 0 Å². The second-order valence-electron chi connectivity index (χ2n) is 11.9. The van der Waals surface area contributed by atoms with Crippen LogP contribution in [0.1, 0.15) is 5.56 Å². The van der Waals surface area contributed by atoms with Gasteiger partial charge in [0, 0.05) is 6.07 Å². The molecule has 2 aliphatic rings. The molecule has 0 bridgehead atoms. The molecule has 2 saturated heterocycles. The van der Waals surface area contributed by atoms with Gasteiger partial charge >= 0.3 is 13.8 Å². The lowest BCUT2D eigenvalue weighted by Gasteiger charge is -2.39. The smallest absolute Gasteiger partial charge is 0.295 e. The van der Waals surface area contributed by atoms with Gasteiger partial charge in [0.15, 0.2) is 13.3 Å². The summed E-state index contributed by atoms with van der Waals surface area (Å²) in [5, 5.41) is 8.87. The molecule has 0 aromatic heterocycles. The number of alkyl halides is 3. The fourth-order valence-corrected chi connectivity index (χ4v) is 10.0. The van der Waals surface area contributed by atoms with E-state index in [9.17, 15) is 14.7 Å². The molecule has 0 spiro atoms. The van der Waals surface area contributed by atoms with E-state index in [-0.39, 0.29) is 22.0 Å². The number of non-ortho nitro benzene ring substituents is 1. The minimum Gasteiger partial charge on any atom is -0.295 e. The zero-order valence-corrected chi connectivity index (χ0v) is 22.9. The second-order valence-corrected chi connectivity index (χ2v) is 13.9. The highest BCUT2D eigenvalue weighted by molar-refractivity contribution is 7.56. The van der Waals surface area contributed by atoms with Crippen LogP contribution < -0.4 is 0 Å². The first-order chi connectivity index (χ1) is 16.1. The predicted octanol–water partition coefficient (Wildman–Crippen LogP) is -5.47. The van der Waals surface area contributed by atoms with Crippen LogP contribution in [0, 0.1) is 10.1 Å². The Kier molecular flexibility index (Phi) is 5.81. The zero-order chi connectivity index (χ0) is 27.5. The molecule has 1 unspecified atom stereocenters. The van der Waals surface area contributed by atoms with E-state index in [0.717, 1.165) is 20.0 Å². The normalized spacial score (nSPS) is 24.1. The van der Waals surface area contributed by atoms with E-state index in [1.807, 2.05) is 62.8 Å². The molecule has 2 heterocycles. The molecule has 2 aromatic rings. The van der Waals surface area contributed by atoms with Crippen LogP contribution in [0.25, 0.3) is 10.8 Å². The third-order valence-corrected chi connectivity index (χ3v) is 12.6. The summed E-state index contributed by atoms with van der Waals surface area (Å²) < 4.78 is 69.2. The summed E-state index contributed by atoms with van der Waals surface area (Å²) in [6, 6.07) is 7.95. The van der Waals surface area contributed by atoms with Crippen molar-refractivity contribution in [3.05, 3.63) is 52.1 Å². The fraction of sp³-hybridized carbons (Fsp3) is 0.375. The highest BCUT2D eigenvalue weighted by atomic mass is 31.2. The quantitative estimate of drug-likeness (QED) is 0.128. The van der Waals surface area contributed by atoms with Crippen molar-refractivity contribution in [3.8, 4) is 0 Å². The summed E-state index contributed by atoms with van der Waals surface area (Å²) in [7, 11) is 11.2. The van der Waals surface area contributed by atoms with Gasteiger partial charge in [-0.25, -0.2) is 9.34 Å². The summed E-state index contributed by atoms with van der Waals surface area (Å²) in [6.07, 6.45) is -4.99. The largest absolute Gasteiger partial charge is 0.413 e. The number of nitro groups is 1. The molecule has 2 fully saturated rings. The molecule has 7 nitrogen and oxygen atoms in total. The Morgan fingerprint density at radius 2 is 1.25 bits per heavy atom. The van der Waals surface area contributed by atoms with Crippen LogP contribution >= 0.6 is 7.67 Å². The molecule has 0 aliphatic carbocycles. The van der Waals surface area contributed by atoms with E-state index >= 15 is 13.2 Å². The number of nitrogens with zero attached hydrogens (tertiary/aromatic N) is 3. The molecule has 36 heavy (non-hydrogen) atoms. The SMILES string of the molecule is BC(OP(=O)(N1C(B)(B)C1(B)B)N1C(B)(B)C1(B)B)(c1ccc([N+](=O)[O-])c2ccccc12)C(F)(F)F.